The lowest BCUT2D eigenvalue weighted by molar-refractivity contribution is 0.0795. The third-order valence-corrected chi connectivity index (χ3v) is 6.41. The van der Waals surface area contributed by atoms with Crippen LogP contribution in [0.1, 0.15) is 34.1 Å². The molecule has 7 nitrogen and oxygen atoms in total. The minimum absolute atomic E-state index is 0.0982. The lowest BCUT2D eigenvalue weighted by atomic mass is 10.1. The Morgan fingerprint density at radius 3 is 2.72 bits per heavy atom. The van der Waals surface area contributed by atoms with Gasteiger partial charge in [-0.05, 0) is 37.5 Å². The van der Waals surface area contributed by atoms with Crippen LogP contribution in [0, 0.1) is 6.92 Å². The quantitative estimate of drug-likeness (QED) is 0.799. The van der Waals surface area contributed by atoms with E-state index in [1.165, 1.54) is 0 Å². The fraction of sp³-hybridized carbons (Fsp3) is 0.471. The monoisotopic (exact) mass is 362 g/mol. The number of hydrogen-bond acceptors (Lipinski definition) is 5. The van der Waals surface area contributed by atoms with Crippen LogP contribution < -0.4 is 0 Å². The van der Waals surface area contributed by atoms with E-state index in [0.717, 1.165) is 17.7 Å². The lowest BCUT2D eigenvalue weighted by Gasteiger charge is -2.17. The number of hydrogen-bond donors (Lipinski definition) is 0. The van der Waals surface area contributed by atoms with Crippen molar-refractivity contribution in [1.29, 1.82) is 0 Å². The fourth-order valence-corrected chi connectivity index (χ4v) is 4.82. The zero-order valence-corrected chi connectivity index (χ0v) is 15.2. The molecule has 3 heterocycles. The summed E-state index contributed by atoms with van der Waals surface area (Å²) in [7, 11) is -1.22. The Hall–Kier alpha value is -2.22. The molecule has 0 N–H and O–H groups in total. The minimum atomic E-state index is -2.99. The van der Waals surface area contributed by atoms with Gasteiger partial charge in [0.15, 0.2) is 9.84 Å². The second kappa shape index (κ2) is 6.95. The Bertz CT molecular complexity index is 861. The van der Waals surface area contributed by atoms with Crippen molar-refractivity contribution in [2.24, 2.45) is 0 Å². The van der Waals surface area contributed by atoms with E-state index in [0.29, 0.717) is 18.5 Å². The van der Waals surface area contributed by atoms with Crippen molar-refractivity contribution < 1.29 is 13.2 Å². The Labute approximate surface area is 147 Å². The first kappa shape index (κ1) is 17.6. The maximum Gasteiger partial charge on any atom is 0.257 e. The molecule has 0 spiro atoms. The Morgan fingerprint density at radius 2 is 2.08 bits per heavy atom. The van der Waals surface area contributed by atoms with Gasteiger partial charge in [0, 0.05) is 31.7 Å². The van der Waals surface area contributed by atoms with Gasteiger partial charge in [0.1, 0.15) is 0 Å². The van der Waals surface area contributed by atoms with Crippen molar-refractivity contribution in [2.75, 3.05) is 25.1 Å². The molecule has 0 saturated carbocycles. The zero-order chi connectivity index (χ0) is 18.0. The van der Waals surface area contributed by atoms with E-state index in [1.54, 1.807) is 35.2 Å². The highest BCUT2D eigenvalue weighted by Gasteiger charge is 2.31. The van der Waals surface area contributed by atoms with Gasteiger partial charge in [0.05, 0.1) is 29.3 Å². The van der Waals surface area contributed by atoms with Crippen LogP contribution in [-0.4, -0.2) is 59.1 Å². The standard InChI is InChI=1S/C17H22N4O3S/c1-13-16(11-19-21(13)15-6-10-25(23,24)12-15)17(22)20(2)9-5-14-3-7-18-8-4-14/h3-4,7-8,11,15H,5-6,9-10,12H2,1-2H3. The Morgan fingerprint density at radius 1 is 1.36 bits per heavy atom. The van der Waals surface area contributed by atoms with E-state index in [4.69, 9.17) is 0 Å². The minimum Gasteiger partial charge on any atom is -0.341 e. The molecule has 0 aromatic carbocycles. The number of sulfone groups is 1. The second-order valence-electron chi connectivity index (χ2n) is 6.48. The number of rotatable bonds is 5. The smallest absolute Gasteiger partial charge is 0.257 e. The molecular formula is C17H22N4O3S. The molecule has 1 atom stereocenters. The predicted molar refractivity (Wildman–Crippen MR) is 94.2 cm³/mol. The molecule has 1 unspecified atom stereocenters. The number of nitrogens with zero attached hydrogens (tertiary/aromatic N) is 4. The van der Waals surface area contributed by atoms with E-state index in [9.17, 15) is 13.2 Å². The first-order valence-corrected chi connectivity index (χ1v) is 10.1. The molecule has 3 rings (SSSR count). The summed E-state index contributed by atoms with van der Waals surface area (Å²) in [5.41, 5.74) is 2.38. The van der Waals surface area contributed by atoms with Gasteiger partial charge in [-0.2, -0.15) is 5.10 Å². The van der Waals surface area contributed by atoms with Gasteiger partial charge in [-0.1, -0.05) is 0 Å². The van der Waals surface area contributed by atoms with Gasteiger partial charge in [-0.25, -0.2) is 8.42 Å². The van der Waals surface area contributed by atoms with Crippen molar-refractivity contribution in [3.63, 3.8) is 0 Å². The first-order chi connectivity index (χ1) is 11.9. The van der Waals surface area contributed by atoms with Crippen molar-refractivity contribution in [1.82, 2.24) is 19.7 Å². The zero-order valence-electron chi connectivity index (χ0n) is 14.4. The summed E-state index contributed by atoms with van der Waals surface area (Å²) in [6.07, 6.45) is 6.32. The lowest BCUT2D eigenvalue weighted by Crippen LogP contribution is -2.29. The molecule has 1 fully saturated rings. The molecule has 0 radical (unpaired) electrons. The molecular weight excluding hydrogens is 340 g/mol. The van der Waals surface area contributed by atoms with Gasteiger partial charge < -0.3 is 4.90 Å². The molecule has 0 aliphatic carbocycles. The Balaban J connectivity index is 1.68. The van der Waals surface area contributed by atoms with Crippen molar-refractivity contribution in [3.05, 3.63) is 47.5 Å². The molecule has 1 aliphatic rings. The number of aromatic nitrogens is 3. The average Bonchev–Trinajstić information content (AvgIpc) is 3.15. The van der Waals surface area contributed by atoms with Gasteiger partial charge in [-0.15, -0.1) is 0 Å². The van der Waals surface area contributed by atoms with E-state index in [1.807, 2.05) is 19.1 Å². The molecule has 1 aliphatic heterocycles. The number of carbonyl (C=O) groups excluding carboxylic acids is 1. The third kappa shape index (κ3) is 3.89. The average molecular weight is 362 g/mol. The highest BCUT2D eigenvalue weighted by molar-refractivity contribution is 7.91. The summed E-state index contributed by atoms with van der Waals surface area (Å²) < 4.78 is 25.0. The normalized spacial score (nSPS) is 19.0. The van der Waals surface area contributed by atoms with Crippen LogP contribution >= 0.6 is 0 Å². The first-order valence-electron chi connectivity index (χ1n) is 8.26. The molecule has 1 amide bonds. The summed E-state index contributed by atoms with van der Waals surface area (Å²) in [5, 5.41) is 4.28. The molecule has 2 aromatic heterocycles. The predicted octanol–water partition coefficient (Wildman–Crippen LogP) is 1.26. The van der Waals surface area contributed by atoms with Gasteiger partial charge in [-0.3, -0.25) is 14.5 Å². The van der Waals surface area contributed by atoms with Crippen LogP contribution in [0.2, 0.25) is 0 Å². The summed E-state index contributed by atoms with van der Waals surface area (Å²) in [5.74, 6) is 0.186. The van der Waals surface area contributed by atoms with Gasteiger partial charge in [0.25, 0.3) is 5.91 Å². The van der Waals surface area contributed by atoms with Crippen molar-refractivity contribution in [3.8, 4) is 0 Å². The summed E-state index contributed by atoms with van der Waals surface area (Å²) >= 11 is 0. The summed E-state index contributed by atoms with van der Waals surface area (Å²) in [6, 6.07) is 3.69. The van der Waals surface area contributed by atoms with Crippen LogP contribution in [0.15, 0.2) is 30.7 Å². The van der Waals surface area contributed by atoms with Crippen molar-refractivity contribution in [2.45, 2.75) is 25.8 Å². The summed E-state index contributed by atoms with van der Waals surface area (Å²) in [6.45, 7) is 2.41. The van der Waals surface area contributed by atoms with Crippen LogP contribution in [0.5, 0.6) is 0 Å². The molecule has 0 bridgehead atoms. The van der Waals surface area contributed by atoms with E-state index in [-0.39, 0.29) is 23.5 Å². The van der Waals surface area contributed by atoms with Crippen LogP contribution in [0.3, 0.4) is 0 Å². The topological polar surface area (TPSA) is 85.2 Å². The van der Waals surface area contributed by atoms with Gasteiger partial charge >= 0.3 is 0 Å². The van der Waals surface area contributed by atoms with Crippen LogP contribution in [-0.2, 0) is 16.3 Å². The van der Waals surface area contributed by atoms with E-state index < -0.39 is 9.84 Å². The molecule has 25 heavy (non-hydrogen) atoms. The highest BCUT2D eigenvalue weighted by Crippen LogP contribution is 2.25. The van der Waals surface area contributed by atoms with Crippen molar-refractivity contribution >= 4 is 15.7 Å². The SMILES string of the molecule is Cc1c(C(=O)N(C)CCc2ccncc2)cnn1C1CCS(=O)(=O)C1. The third-order valence-electron chi connectivity index (χ3n) is 4.66. The highest BCUT2D eigenvalue weighted by atomic mass is 32.2. The number of likely N-dealkylation sites (N-methyl/N-ethyl adjacent to an activating group) is 1. The molecule has 134 valence electrons. The summed E-state index contributed by atoms with van der Waals surface area (Å²) in [4.78, 5) is 18.3. The van der Waals surface area contributed by atoms with Crippen LogP contribution in [0.4, 0.5) is 0 Å². The van der Waals surface area contributed by atoms with Gasteiger partial charge in [0.2, 0.25) is 0 Å². The number of pyridine rings is 1. The second-order valence-corrected chi connectivity index (χ2v) is 8.71. The maximum atomic E-state index is 12.7. The Kier molecular flexibility index (Phi) is 4.89. The van der Waals surface area contributed by atoms with E-state index in [2.05, 4.69) is 10.1 Å². The molecule has 2 aromatic rings. The van der Waals surface area contributed by atoms with Crippen LogP contribution in [0.25, 0.3) is 0 Å². The number of amides is 1. The maximum absolute atomic E-state index is 12.7. The largest absolute Gasteiger partial charge is 0.341 e. The molecule has 1 saturated heterocycles. The number of carbonyl (C=O) groups is 1. The van der Waals surface area contributed by atoms with E-state index >= 15 is 0 Å². The fourth-order valence-electron chi connectivity index (χ4n) is 3.12. The molecule has 8 heteroatoms.